The van der Waals surface area contributed by atoms with Gasteiger partial charge in [-0.25, -0.2) is 0 Å². The molecule has 0 saturated heterocycles. The maximum absolute atomic E-state index is 5.38. The Morgan fingerprint density at radius 1 is 1.29 bits per heavy atom. The van der Waals surface area contributed by atoms with E-state index in [9.17, 15) is 0 Å². The molecule has 0 atom stereocenters. The fourth-order valence-corrected chi connectivity index (χ4v) is 2.38. The summed E-state index contributed by atoms with van der Waals surface area (Å²) in [6.45, 7) is 0.552. The monoisotopic (exact) mass is 360 g/mol. The van der Waals surface area contributed by atoms with Crippen molar-refractivity contribution in [1.82, 2.24) is 15.5 Å². The number of rotatable bonds is 4. The van der Waals surface area contributed by atoms with Crippen LogP contribution < -0.4 is 10.6 Å². The van der Waals surface area contributed by atoms with Gasteiger partial charge in [0.2, 0.25) is 5.89 Å². The average molecular weight is 362 g/mol. The Balaban J connectivity index is 2.13. The summed E-state index contributed by atoms with van der Waals surface area (Å²) in [7, 11) is 1.82. The molecular weight excluding hydrogens is 352 g/mol. The molecule has 2 rings (SSSR count). The highest BCUT2D eigenvalue weighted by molar-refractivity contribution is 9.11. The van der Waals surface area contributed by atoms with Gasteiger partial charge in [0, 0.05) is 8.95 Å². The van der Waals surface area contributed by atoms with Gasteiger partial charge >= 0.3 is 6.01 Å². The second-order valence-electron chi connectivity index (χ2n) is 3.28. The number of anilines is 2. The minimum Gasteiger partial charge on any atom is -0.406 e. The summed E-state index contributed by atoms with van der Waals surface area (Å²) in [5.41, 5.74) is 0.868. The molecule has 0 saturated carbocycles. The van der Waals surface area contributed by atoms with E-state index in [4.69, 9.17) is 4.42 Å². The smallest absolute Gasteiger partial charge is 0.320 e. The highest BCUT2D eigenvalue weighted by Gasteiger charge is 2.07. The third-order valence-corrected chi connectivity index (χ3v) is 3.12. The lowest BCUT2D eigenvalue weighted by atomic mass is 10.3. The molecule has 7 heteroatoms. The van der Waals surface area contributed by atoms with Crippen LogP contribution in [0.25, 0.3) is 0 Å². The van der Waals surface area contributed by atoms with E-state index < -0.39 is 0 Å². The zero-order valence-electron chi connectivity index (χ0n) is 9.00. The summed E-state index contributed by atoms with van der Waals surface area (Å²) in [6, 6.07) is 6.15. The van der Waals surface area contributed by atoms with Gasteiger partial charge < -0.3 is 15.1 Å². The van der Waals surface area contributed by atoms with Crippen LogP contribution in [0.3, 0.4) is 0 Å². The number of nitrogens with zero attached hydrogens (tertiary/aromatic N) is 2. The van der Waals surface area contributed by atoms with Crippen molar-refractivity contribution in [3.05, 3.63) is 33.0 Å². The molecular formula is C10H10Br2N4O. The van der Waals surface area contributed by atoms with E-state index in [1.165, 1.54) is 0 Å². The van der Waals surface area contributed by atoms with E-state index in [-0.39, 0.29) is 0 Å². The first-order chi connectivity index (χ1) is 8.19. The summed E-state index contributed by atoms with van der Waals surface area (Å²) < 4.78 is 7.30. The molecule has 0 spiro atoms. The number of nitrogens with one attached hydrogen (secondary N) is 2. The number of hydrogen-bond donors (Lipinski definition) is 2. The standard InChI is InChI=1S/C10H10Br2N4O/c1-13-5-9-15-16-10(17-9)14-8-3-2-6(11)4-7(8)12/h2-4,13H,5H2,1H3,(H,14,16). The normalized spacial score (nSPS) is 10.5. The maximum Gasteiger partial charge on any atom is 0.320 e. The number of hydrogen-bond acceptors (Lipinski definition) is 5. The third kappa shape index (κ3) is 3.27. The van der Waals surface area contributed by atoms with Gasteiger partial charge in [-0.1, -0.05) is 21.0 Å². The average Bonchev–Trinajstić information content (AvgIpc) is 2.71. The molecule has 90 valence electrons. The predicted octanol–water partition coefficient (Wildman–Crippen LogP) is 3.06. The van der Waals surface area contributed by atoms with Crippen molar-refractivity contribution in [3.8, 4) is 0 Å². The molecule has 1 aromatic carbocycles. The van der Waals surface area contributed by atoms with Crippen molar-refractivity contribution in [1.29, 1.82) is 0 Å². The van der Waals surface area contributed by atoms with Gasteiger partial charge in [0.1, 0.15) is 0 Å². The van der Waals surface area contributed by atoms with E-state index in [0.29, 0.717) is 18.5 Å². The van der Waals surface area contributed by atoms with Crippen LogP contribution in [0.15, 0.2) is 31.6 Å². The molecule has 0 aliphatic carbocycles. The maximum atomic E-state index is 5.38. The largest absolute Gasteiger partial charge is 0.406 e. The van der Waals surface area contributed by atoms with E-state index in [1.807, 2.05) is 25.2 Å². The Morgan fingerprint density at radius 2 is 2.12 bits per heavy atom. The number of benzene rings is 1. The van der Waals surface area contributed by atoms with Crippen molar-refractivity contribution in [2.45, 2.75) is 6.54 Å². The first-order valence-electron chi connectivity index (χ1n) is 4.88. The predicted molar refractivity (Wildman–Crippen MR) is 72.2 cm³/mol. The summed E-state index contributed by atoms with van der Waals surface area (Å²) in [5.74, 6) is 0.545. The topological polar surface area (TPSA) is 63.0 Å². The molecule has 0 unspecified atom stereocenters. The Bertz CT molecular complexity index is 515. The molecule has 2 N–H and O–H groups in total. The quantitative estimate of drug-likeness (QED) is 0.876. The molecule has 17 heavy (non-hydrogen) atoms. The first-order valence-corrected chi connectivity index (χ1v) is 6.46. The summed E-state index contributed by atoms with van der Waals surface area (Å²) in [6.07, 6.45) is 0. The van der Waals surface area contributed by atoms with Crippen molar-refractivity contribution in [2.75, 3.05) is 12.4 Å². The van der Waals surface area contributed by atoms with Crippen LogP contribution in [0.5, 0.6) is 0 Å². The first kappa shape index (κ1) is 12.5. The van der Waals surface area contributed by atoms with Gasteiger partial charge in [0.15, 0.2) is 0 Å². The van der Waals surface area contributed by atoms with E-state index in [0.717, 1.165) is 14.6 Å². The lowest BCUT2D eigenvalue weighted by Gasteiger charge is -2.04. The van der Waals surface area contributed by atoms with Crippen molar-refractivity contribution >= 4 is 43.6 Å². The third-order valence-electron chi connectivity index (χ3n) is 1.97. The summed E-state index contributed by atoms with van der Waals surface area (Å²) in [5, 5.41) is 13.8. The highest BCUT2D eigenvalue weighted by Crippen LogP contribution is 2.28. The minimum atomic E-state index is 0.373. The molecule has 0 fully saturated rings. The van der Waals surface area contributed by atoms with Gasteiger partial charge in [-0.15, -0.1) is 5.10 Å². The fraction of sp³-hybridized carbons (Fsp3) is 0.200. The van der Waals surface area contributed by atoms with Crippen molar-refractivity contribution < 1.29 is 4.42 Å². The van der Waals surface area contributed by atoms with Crippen LogP contribution in [0.2, 0.25) is 0 Å². The van der Waals surface area contributed by atoms with Crippen molar-refractivity contribution in [2.24, 2.45) is 0 Å². The zero-order chi connectivity index (χ0) is 12.3. The molecule has 2 aromatic rings. The number of halogens is 2. The van der Waals surface area contributed by atoms with Crippen LogP contribution in [0, 0.1) is 0 Å². The van der Waals surface area contributed by atoms with E-state index >= 15 is 0 Å². The van der Waals surface area contributed by atoms with Crippen molar-refractivity contribution in [3.63, 3.8) is 0 Å². The van der Waals surface area contributed by atoms with Crippen LogP contribution in [-0.2, 0) is 6.54 Å². The molecule has 0 aliphatic heterocycles. The van der Waals surface area contributed by atoms with Gasteiger partial charge in [0.25, 0.3) is 0 Å². The highest BCUT2D eigenvalue weighted by atomic mass is 79.9. The van der Waals surface area contributed by atoms with Gasteiger partial charge in [-0.3, -0.25) is 0 Å². The van der Waals surface area contributed by atoms with Gasteiger partial charge in [-0.2, -0.15) is 0 Å². The Kier molecular flexibility index (Phi) is 4.14. The Morgan fingerprint density at radius 3 is 2.82 bits per heavy atom. The van der Waals surface area contributed by atoms with E-state index in [1.54, 1.807) is 0 Å². The molecule has 1 heterocycles. The Labute approximate surface area is 115 Å². The fourth-order valence-electron chi connectivity index (χ4n) is 1.23. The molecule has 0 radical (unpaired) electrons. The van der Waals surface area contributed by atoms with E-state index in [2.05, 4.69) is 52.7 Å². The van der Waals surface area contributed by atoms with Gasteiger partial charge in [-0.05, 0) is 41.2 Å². The van der Waals surface area contributed by atoms with Crippen LogP contribution in [-0.4, -0.2) is 17.2 Å². The molecule has 0 bridgehead atoms. The second kappa shape index (κ2) is 5.61. The summed E-state index contributed by atoms with van der Waals surface area (Å²) in [4.78, 5) is 0. The second-order valence-corrected chi connectivity index (χ2v) is 5.05. The van der Waals surface area contributed by atoms with Crippen LogP contribution >= 0.6 is 31.9 Å². The minimum absolute atomic E-state index is 0.373. The zero-order valence-corrected chi connectivity index (χ0v) is 12.2. The lowest BCUT2D eigenvalue weighted by molar-refractivity contribution is 0.493. The SMILES string of the molecule is CNCc1nnc(Nc2ccc(Br)cc2Br)o1. The number of aromatic nitrogens is 2. The molecule has 0 aliphatic rings. The van der Waals surface area contributed by atoms with Gasteiger partial charge in [0.05, 0.1) is 12.2 Å². The molecule has 5 nitrogen and oxygen atoms in total. The Hall–Kier alpha value is -0.920. The molecule has 1 aromatic heterocycles. The van der Waals surface area contributed by atoms with Crippen LogP contribution in [0.4, 0.5) is 11.7 Å². The summed E-state index contributed by atoms with van der Waals surface area (Å²) >= 11 is 6.84. The van der Waals surface area contributed by atoms with Crippen LogP contribution in [0.1, 0.15) is 5.89 Å². The molecule has 0 amide bonds. The lowest BCUT2D eigenvalue weighted by Crippen LogP contribution is -2.04.